The average molecular weight is 389 g/mol. The van der Waals surface area contributed by atoms with E-state index in [2.05, 4.69) is 22.3 Å². The molecule has 3 aromatic rings. The van der Waals surface area contributed by atoms with E-state index < -0.39 is 0 Å². The van der Waals surface area contributed by atoms with E-state index in [4.69, 9.17) is 19.6 Å². The first-order valence-electron chi connectivity index (χ1n) is 10.6. The summed E-state index contributed by atoms with van der Waals surface area (Å²) in [6.07, 6.45) is 7.35. The van der Waals surface area contributed by atoms with E-state index in [0.29, 0.717) is 0 Å². The van der Waals surface area contributed by atoms with Gasteiger partial charge in [-0.1, -0.05) is 0 Å². The largest absolute Gasteiger partial charge is 0.493 e. The second kappa shape index (κ2) is 6.91. The smallest absolute Gasteiger partial charge is 0.183 e. The molecule has 1 fully saturated rings. The summed E-state index contributed by atoms with van der Waals surface area (Å²) >= 11 is 0. The Morgan fingerprint density at radius 3 is 2.83 bits per heavy atom. The number of nitrogens with zero attached hydrogens (tertiary/aromatic N) is 5. The Balaban J connectivity index is 1.47. The molecule has 1 aromatic carbocycles. The van der Waals surface area contributed by atoms with Gasteiger partial charge in [0.2, 0.25) is 0 Å². The molecule has 0 N–H and O–H groups in total. The predicted molar refractivity (Wildman–Crippen MR) is 106 cm³/mol. The molecule has 7 nitrogen and oxygen atoms in total. The van der Waals surface area contributed by atoms with Crippen molar-refractivity contribution in [3.63, 3.8) is 0 Å². The molecule has 148 valence electrons. The van der Waals surface area contributed by atoms with Gasteiger partial charge in [-0.15, -0.1) is 10.2 Å². The standard InChI is InChI=1S/C22H23N5O2/c1-2-5-17-14(4-1)13-18(25-24-17)22-23-21(20-6-3-10-28-20)26-27(22)16-7-8-19-15(12-16)9-11-29-19/h7-8,12-13,20H,1-6,9-11H2. The molecule has 1 aliphatic carbocycles. The van der Waals surface area contributed by atoms with Crippen LogP contribution in [0.1, 0.15) is 54.4 Å². The summed E-state index contributed by atoms with van der Waals surface area (Å²) in [5.74, 6) is 2.42. The second-order valence-electron chi connectivity index (χ2n) is 8.01. The van der Waals surface area contributed by atoms with Crippen molar-refractivity contribution in [1.29, 1.82) is 0 Å². The summed E-state index contributed by atoms with van der Waals surface area (Å²) in [7, 11) is 0. The van der Waals surface area contributed by atoms with Gasteiger partial charge >= 0.3 is 0 Å². The van der Waals surface area contributed by atoms with Crippen molar-refractivity contribution >= 4 is 0 Å². The maximum absolute atomic E-state index is 5.85. The van der Waals surface area contributed by atoms with Gasteiger partial charge in [-0.05, 0) is 73.9 Å². The molecule has 1 unspecified atom stereocenters. The van der Waals surface area contributed by atoms with Crippen molar-refractivity contribution in [3.05, 3.63) is 46.9 Å². The van der Waals surface area contributed by atoms with E-state index in [1.807, 2.05) is 16.8 Å². The van der Waals surface area contributed by atoms with Crippen LogP contribution < -0.4 is 4.74 Å². The Morgan fingerprint density at radius 2 is 1.90 bits per heavy atom. The van der Waals surface area contributed by atoms with Crippen molar-refractivity contribution in [2.24, 2.45) is 0 Å². The highest BCUT2D eigenvalue weighted by Crippen LogP contribution is 2.32. The van der Waals surface area contributed by atoms with E-state index in [1.165, 1.54) is 24.0 Å². The summed E-state index contributed by atoms with van der Waals surface area (Å²) in [4.78, 5) is 4.87. The average Bonchev–Trinajstić information content (AvgIpc) is 3.52. The third-order valence-electron chi connectivity index (χ3n) is 6.06. The molecule has 2 aromatic heterocycles. The molecule has 6 rings (SSSR count). The third-order valence-corrected chi connectivity index (χ3v) is 6.06. The lowest BCUT2D eigenvalue weighted by Crippen LogP contribution is -2.09. The number of aromatic nitrogens is 5. The summed E-state index contributed by atoms with van der Waals surface area (Å²) in [5.41, 5.74) is 5.37. The molecular formula is C22H23N5O2. The topological polar surface area (TPSA) is 75.0 Å². The molecule has 3 aliphatic rings. The van der Waals surface area contributed by atoms with Crippen LogP contribution in [0.4, 0.5) is 0 Å². The van der Waals surface area contributed by atoms with Gasteiger partial charge < -0.3 is 9.47 Å². The van der Waals surface area contributed by atoms with Gasteiger partial charge in [0.25, 0.3) is 0 Å². The van der Waals surface area contributed by atoms with E-state index in [-0.39, 0.29) is 6.10 Å². The first-order valence-corrected chi connectivity index (χ1v) is 10.6. The molecule has 29 heavy (non-hydrogen) atoms. The summed E-state index contributed by atoms with van der Waals surface area (Å²) in [5, 5.41) is 13.9. The molecular weight excluding hydrogens is 366 g/mol. The highest BCUT2D eigenvalue weighted by molar-refractivity contribution is 5.56. The number of fused-ring (bicyclic) bond motifs is 2. The zero-order valence-electron chi connectivity index (χ0n) is 16.3. The predicted octanol–water partition coefficient (Wildman–Crippen LogP) is 3.39. The number of rotatable bonds is 3. The zero-order valence-corrected chi connectivity index (χ0v) is 16.3. The molecule has 2 aliphatic heterocycles. The van der Waals surface area contributed by atoms with E-state index >= 15 is 0 Å². The normalized spacial score (nSPS) is 20.3. The third kappa shape index (κ3) is 3.00. The Hall–Kier alpha value is -2.80. The van der Waals surface area contributed by atoms with Crippen molar-refractivity contribution < 1.29 is 9.47 Å². The van der Waals surface area contributed by atoms with Crippen molar-refractivity contribution in [3.8, 4) is 23.0 Å². The van der Waals surface area contributed by atoms with Gasteiger partial charge in [-0.3, -0.25) is 0 Å². The van der Waals surface area contributed by atoms with Crippen molar-refractivity contribution in [2.75, 3.05) is 13.2 Å². The Labute approximate surface area is 169 Å². The number of hydrogen-bond acceptors (Lipinski definition) is 6. The van der Waals surface area contributed by atoms with Crippen LogP contribution in [0.2, 0.25) is 0 Å². The minimum atomic E-state index is -0.0432. The van der Waals surface area contributed by atoms with Gasteiger partial charge in [-0.25, -0.2) is 9.67 Å². The van der Waals surface area contributed by atoms with Gasteiger partial charge in [0.05, 0.1) is 18.0 Å². The Bertz CT molecular complexity index is 1070. The minimum Gasteiger partial charge on any atom is -0.493 e. The molecule has 0 amide bonds. The SMILES string of the molecule is c1cc2c(cc1-n1nc(C3CCCO3)nc1-c1cc3c(nn1)CCCC3)CCO2. The van der Waals surface area contributed by atoms with E-state index in [9.17, 15) is 0 Å². The molecule has 0 bridgehead atoms. The van der Waals surface area contributed by atoms with Gasteiger partial charge in [0, 0.05) is 13.0 Å². The number of aryl methyl sites for hydroxylation is 2. The Morgan fingerprint density at radius 1 is 0.931 bits per heavy atom. The Kier molecular flexibility index (Phi) is 4.08. The fourth-order valence-electron chi connectivity index (χ4n) is 4.50. The van der Waals surface area contributed by atoms with Crippen molar-refractivity contribution in [1.82, 2.24) is 25.0 Å². The van der Waals surface area contributed by atoms with Crippen LogP contribution in [-0.2, 0) is 24.0 Å². The van der Waals surface area contributed by atoms with Crippen LogP contribution in [0.25, 0.3) is 17.2 Å². The van der Waals surface area contributed by atoms with E-state index in [1.54, 1.807) is 0 Å². The van der Waals surface area contributed by atoms with Crippen LogP contribution in [-0.4, -0.2) is 38.2 Å². The lowest BCUT2D eigenvalue weighted by molar-refractivity contribution is 0.105. The first kappa shape index (κ1) is 17.1. The first-order chi connectivity index (χ1) is 14.3. The second-order valence-corrected chi connectivity index (χ2v) is 8.01. The molecule has 4 heterocycles. The van der Waals surface area contributed by atoms with Gasteiger partial charge in [0.15, 0.2) is 11.6 Å². The molecule has 1 atom stereocenters. The maximum atomic E-state index is 5.85. The van der Waals surface area contributed by atoms with Crippen molar-refractivity contribution in [2.45, 2.75) is 51.0 Å². The molecule has 0 radical (unpaired) electrons. The fraction of sp³-hybridized carbons (Fsp3) is 0.455. The number of benzene rings is 1. The quantitative estimate of drug-likeness (QED) is 0.684. The maximum Gasteiger partial charge on any atom is 0.183 e. The highest BCUT2D eigenvalue weighted by Gasteiger charge is 2.26. The van der Waals surface area contributed by atoms with Gasteiger partial charge in [0.1, 0.15) is 17.5 Å². The summed E-state index contributed by atoms with van der Waals surface area (Å²) < 4.78 is 13.4. The summed E-state index contributed by atoms with van der Waals surface area (Å²) in [6.45, 7) is 1.50. The molecule has 0 spiro atoms. The highest BCUT2D eigenvalue weighted by atomic mass is 16.5. The van der Waals surface area contributed by atoms with Crippen LogP contribution >= 0.6 is 0 Å². The monoisotopic (exact) mass is 389 g/mol. The zero-order chi connectivity index (χ0) is 19.2. The lowest BCUT2D eigenvalue weighted by Gasteiger charge is -2.14. The van der Waals surface area contributed by atoms with Gasteiger partial charge in [-0.2, -0.15) is 5.10 Å². The number of ether oxygens (including phenoxy) is 2. The van der Waals surface area contributed by atoms with Crippen LogP contribution in [0.15, 0.2) is 24.3 Å². The number of hydrogen-bond donors (Lipinski definition) is 0. The van der Waals surface area contributed by atoms with E-state index in [0.717, 1.165) is 79.8 Å². The molecule has 0 saturated carbocycles. The molecule has 7 heteroatoms. The van der Waals surface area contributed by atoms with Crippen LogP contribution in [0.3, 0.4) is 0 Å². The minimum absolute atomic E-state index is 0.0432. The molecule has 1 saturated heterocycles. The van der Waals surface area contributed by atoms with Crippen LogP contribution in [0.5, 0.6) is 5.75 Å². The lowest BCUT2D eigenvalue weighted by atomic mass is 9.96. The fourth-order valence-corrected chi connectivity index (χ4v) is 4.50. The van der Waals surface area contributed by atoms with Crippen LogP contribution in [0, 0.1) is 0 Å². The summed E-state index contributed by atoms with van der Waals surface area (Å²) in [6, 6.07) is 8.35.